The fourth-order valence-corrected chi connectivity index (χ4v) is 5.20. The molecule has 5 heteroatoms. The number of fused-ring (bicyclic) bond motifs is 1. The summed E-state index contributed by atoms with van der Waals surface area (Å²) in [7, 11) is 0. The van der Waals surface area contributed by atoms with E-state index in [1.165, 1.54) is 15.8 Å². The highest BCUT2D eigenvalue weighted by Crippen LogP contribution is 2.32. The highest BCUT2D eigenvalue weighted by molar-refractivity contribution is 7.22. The number of benzene rings is 2. The molecule has 2 aromatic carbocycles. The molecule has 0 spiro atoms. The Labute approximate surface area is 165 Å². The molecule has 1 aliphatic rings. The maximum atomic E-state index is 9.90. The summed E-state index contributed by atoms with van der Waals surface area (Å²) in [5.41, 5.74) is 4.66. The SMILES string of the molecule is Cc1cc(O)cc(CN2C(C)CN(c3nc4ccc(C)cc4s3)CC2C)c1. The molecule has 0 radical (unpaired) electrons. The first-order chi connectivity index (χ1) is 12.9. The summed E-state index contributed by atoms with van der Waals surface area (Å²) < 4.78 is 1.27. The van der Waals surface area contributed by atoms with Gasteiger partial charge in [0.2, 0.25) is 0 Å². The molecule has 1 fully saturated rings. The smallest absolute Gasteiger partial charge is 0.186 e. The van der Waals surface area contributed by atoms with Gasteiger partial charge >= 0.3 is 0 Å². The molecule has 0 bridgehead atoms. The molecule has 3 aromatic rings. The van der Waals surface area contributed by atoms with E-state index in [9.17, 15) is 5.11 Å². The van der Waals surface area contributed by atoms with Crippen molar-refractivity contribution in [1.82, 2.24) is 9.88 Å². The first kappa shape index (κ1) is 18.3. The second-order valence-electron chi connectivity index (χ2n) is 7.92. The van der Waals surface area contributed by atoms with Crippen molar-refractivity contribution in [2.75, 3.05) is 18.0 Å². The number of aromatic nitrogens is 1. The first-order valence-corrected chi connectivity index (χ1v) is 10.4. The molecule has 27 heavy (non-hydrogen) atoms. The van der Waals surface area contributed by atoms with Crippen molar-refractivity contribution in [3.63, 3.8) is 0 Å². The zero-order valence-corrected chi connectivity index (χ0v) is 17.3. The number of piperazine rings is 1. The Kier molecular flexibility index (Phi) is 4.82. The van der Waals surface area contributed by atoms with E-state index in [1.807, 2.05) is 19.1 Å². The van der Waals surface area contributed by atoms with Crippen molar-refractivity contribution in [3.05, 3.63) is 53.1 Å². The molecule has 0 saturated carbocycles. The summed E-state index contributed by atoms with van der Waals surface area (Å²) in [5.74, 6) is 0.355. The van der Waals surface area contributed by atoms with Crippen LogP contribution in [0.25, 0.3) is 10.2 Å². The summed E-state index contributed by atoms with van der Waals surface area (Å²) >= 11 is 1.79. The Bertz CT molecular complexity index is 935. The number of anilines is 1. The van der Waals surface area contributed by atoms with Crippen molar-refractivity contribution in [2.24, 2.45) is 0 Å². The molecule has 1 N–H and O–H groups in total. The van der Waals surface area contributed by atoms with E-state index in [2.05, 4.69) is 54.8 Å². The maximum absolute atomic E-state index is 9.90. The monoisotopic (exact) mass is 381 g/mol. The Hall–Kier alpha value is -2.11. The minimum Gasteiger partial charge on any atom is -0.508 e. The average molecular weight is 382 g/mol. The molecule has 1 aliphatic heterocycles. The van der Waals surface area contributed by atoms with Gasteiger partial charge in [0.1, 0.15) is 5.75 Å². The van der Waals surface area contributed by atoms with Gasteiger partial charge < -0.3 is 10.0 Å². The van der Waals surface area contributed by atoms with Crippen LogP contribution in [0.4, 0.5) is 5.13 Å². The van der Waals surface area contributed by atoms with E-state index in [0.717, 1.165) is 35.8 Å². The van der Waals surface area contributed by atoms with Gasteiger partial charge in [-0.1, -0.05) is 23.5 Å². The lowest BCUT2D eigenvalue weighted by molar-refractivity contribution is 0.123. The molecule has 1 aromatic heterocycles. The topological polar surface area (TPSA) is 39.6 Å². The Balaban J connectivity index is 1.52. The van der Waals surface area contributed by atoms with Crippen LogP contribution in [0.1, 0.15) is 30.5 Å². The first-order valence-electron chi connectivity index (χ1n) is 9.56. The van der Waals surface area contributed by atoms with Crippen molar-refractivity contribution in [2.45, 2.75) is 46.3 Å². The fourth-order valence-electron chi connectivity index (χ4n) is 4.12. The fraction of sp³-hybridized carbons (Fsp3) is 0.409. The summed E-state index contributed by atoms with van der Waals surface area (Å²) in [6.07, 6.45) is 0. The maximum Gasteiger partial charge on any atom is 0.186 e. The zero-order chi connectivity index (χ0) is 19.1. The third-order valence-electron chi connectivity index (χ3n) is 5.39. The van der Waals surface area contributed by atoms with E-state index in [4.69, 9.17) is 4.98 Å². The minimum absolute atomic E-state index is 0.355. The van der Waals surface area contributed by atoms with Crippen LogP contribution in [-0.2, 0) is 6.54 Å². The number of aryl methyl sites for hydroxylation is 2. The standard InChI is InChI=1S/C22H27N3OS/c1-14-5-6-20-21(9-14)27-22(23-20)24-11-16(3)25(17(4)12-24)13-18-7-15(2)8-19(26)10-18/h5-10,16-17,26H,11-13H2,1-4H3. The van der Waals surface area contributed by atoms with Gasteiger partial charge in [0.15, 0.2) is 5.13 Å². The highest BCUT2D eigenvalue weighted by atomic mass is 32.1. The average Bonchev–Trinajstić information content (AvgIpc) is 3.00. The third-order valence-corrected chi connectivity index (χ3v) is 6.47. The molecule has 4 nitrogen and oxygen atoms in total. The number of aromatic hydroxyl groups is 1. The summed E-state index contributed by atoms with van der Waals surface area (Å²) in [4.78, 5) is 9.83. The van der Waals surface area contributed by atoms with E-state index < -0.39 is 0 Å². The number of hydrogen-bond acceptors (Lipinski definition) is 5. The molecule has 2 atom stereocenters. The molecule has 142 valence electrons. The van der Waals surface area contributed by atoms with E-state index in [1.54, 1.807) is 11.3 Å². The summed E-state index contributed by atoms with van der Waals surface area (Å²) in [5, 5.41) is 11.0. The van der Waals surface area contributed by atoms with Gasteiger partial charge in [0.05, 0.1) is 10.2 Å². The quantitative estimate of drug-likeness (QED) is 0.713. The van der Waals surface area contributed by atoms with E-state index in [-0.39, 0.29) is 0 Å². The number of hydrogen-bond donors (Lipinski definition) is 1. The molecule has 4 rings (SSSR count). The lowest BCUT2D eigenvalue weighted by Gasteiger charge is -2.44. The van der Waals surface area contributed by atoms with Crippen LogP contribution in [0, 0.1) is 13.8 Å². The van der Waals surface area contributed by atoms with Crippen LogP contribution in [0.15, 0.2) is 36.4 Å². The normalized spacial score (nSPS) is 21.1. The zero-order valence-electron chi connectivity index (χ0n) is 16.4. The third kappa shape index (κ3) is 3.80. The van der Waals surface area contributed by atoms with Gasteiger partial charge in [-0.15, -0.1) is 0 Å². The van der Waals surface area contributed by atoms with Crippen LogP contribution in [0.3, 0.4) is 0 Å². The minimum atomic E-state index is 0.355. The highest BCUT2D eigenvalue weighted by Gasteiger charge is 2.31. The van der Waals surface area contributed by atoms with E-state index in [0.29, 0.717) is 17.8 Å². The van der Waals surface area contributed by atoms with Crippen molar-refractivity contribution < 1.29 is 5.11 Å². The molecule has 2 unspecified atom stereocenters. The number of thiazole rings is 1. The van der Waals surface area contributed by atoms with Gasteiger partial charge in [-0.05, 0) is 68.7 Å². The van der Waals surface area contributed by atoms with Crippen LogP contribution >= 0.6 is 11.3 Å². The van der Waals surface area contributed by atoms with Gasteiger partial charge in [0, 0.05) is 31.7 Å². The van der Waals surface area contributed by atoms with E-state index >= 15 is 0 Å². The van der Waals surface area contributed by atoms with Crippen LogP contribution in [0.2, 0.25) is 0 Å². The largest absolute Gasteiger partial charge is 0.508 e. The van der Waals surface area contributed by atoms with Gasteiger partial charge in [-0.2, -0.15) is 0 Å². The Morgan fingerprint density at radius 3 is 2.48 bits per heavy atom. The number of nitrogens with zero attached hydrogens (tertiary/aromatic N) is 3. The predicted octanol–water partition coefficient (Wildman–Crippen LogP) is 4.72. The molecule has 2 heterocycles. The molecular formula is C22H27N3OS. The summed E-state index contributed by atoms with van der Waals surface area (Å²) in [6.45, 7) is 11.5. The second kappa shape index (κ2) is 7.13. The van der Waals surface area contributed by atoms with Gasteiger partial charge in [-0.25, -0.2) is 4.98 Å². The Morgan fingerprint density at radius 1 is 1.04 bits per heavy atom. The number of phenols is 1. The molecule has 1 saturated heterocycles. The molecule has 0 aliphatic carbocycles. The number of rotatable bonds is 3. The van der Waals surface area contributed by atoms with Gasteiger partial charge in [-0.3, -0.25) is 4.90 Å². The lowest BCUT2D eigenvalue weighted by atomic mass is 10.0. The van der Waals surface area contributed by atoms with Crippen molar-refractivity contribution >= 4 is 26.7 Å². The van der Waals surface area contributed by atoms with Gasteiger partial charge in [0.25, 0.3) is 0 Å². The van der Waals surface area contributed by atoms with Crippen LogP contribution in [-0.4, -0.2) is 40.2 Å². The van der Waals surface area contributed by atoms with Crippen LogP contribution < -0.4 is 4.90 Å². The second-order valence-corrected chi connectivity index (χ2v) is 8.93. The summed E-state index contributed by atoms with van der Waals surface area (Å²) in [6, 6.07) is 13.2. The molecular weight excluding hydrogens is 354 g/mol. The lowest BCUT2D eigenvalue weighted by Crippen LogP contribution is -2.56. The number of phenolic OH excluding ortho intramolecular Hbond substituents is 1. The van der Waals surface area contributed by atoms with Crippen molar-refractivity contribution in [1.29, 1.82) is 0 Å². The van der Waals surface area contributed by atoms with Crippen molar-refractivity contribution in [3.8, 4) is 5.75 Å². The van der Waals surface area contributed by atoms with Crippen LogP contribution in [0.5, 0.6) is 5.75 Å². The molecule has 0 amide bonds. The predicted molar refractivity (Wildman–Crippen MR) is 114 cm³/mol. The Morgan fingerprint density at radius 2 is 1.78 bits per heavy atom.